The van der Waals surface area contributed by atoms with Crippen LogP contribution < -0.4 is 0 Å². The first-order valence-electron chi connectivity index (χ1n) is 7.15. The van der Waals surface area contributed by atoms with E-state index in [0.717, 1.165) is 12.6 Å². The number of aryl methyl sites for hydroxylation is 1. The Kier molecular flexibility index (Phi) is 5.55. The third kappa shape index (κ3) is 4.11. The van der Waals surface area contributed by atoms with Gasteiger partial charge in [0, 0.05) is 12.6 Å². The summed E-state index contributed by atoms with van der Waals surface area (Å²) in [5.41, 5.74) is 1.91. The molecular formula is C18H16NO4S. The van der Waals surface area contributed by atoms with Gasteiger partial charge in [0.2, 0.25) is 0 Å². The Morgan fingerprint density at radius 2 is 1.50 bits per heavy atom. The first-order chi connectivity index (χ1) is 11.4. The minimum Gasteiger partial charge on any atom is -0.289 e. The number of carbonyl (C=O) groups is 2. The van der Waals surface area contributed by atoms with Crippen molar-refractivity contribution in [1.82, 2.24) is 4.31 Å². The van der Waals surface area contributed by atoms with Crippen LogP contribution in [0.4, 0.5) is 0 Å². The molecule has 5 nitrogen and oxygen atoms in total. The van der Waals surface area contributed by atoms with E-state index in [1.165, 1.54) is 6.08 Å². The molecule has 0 unspecified atom stereocenters. The molecule has 0 fully saturated rings. The second-order valence-electron chi connectivity index (χ2n) is 5.17. The van der Waals surface area contributed by atoms with Crippen molar-refractivity contribution in [2.75, 3.05) is 7.05 Å². The zero-order valence-electron chi connectivity index (χ0n) is 13.3. The van der Waals surface area contributed by atoms with Gasteiger partial charge >= 0.3 is 0 Å². The molecule has 2 rings (SSSR count). The highest BCUT2D eigenvalue weighted by Gasteiger charge is 2.21. The molecular weight excluding hydrogens is 326 g/mol. The van der Waals surface area contributed by atoms with Gasteiger partial charge in [-0.05, 0) is 18.6 Å². The van der Waals surface area contributed by atoms with E-state index in [-0.39, 0.29) is 11.4 Å². The van der Waals surface area contributed by atoms with Gasteiger partial charge in [-0.3, -0.25) is 9.59 Å². The van der Waals surface area contributed by atoms with Crippen molar-refractivity contribution >= 4 is 28.2 Å². The van der Waals surface area contributed by atoms with Crippen molar-refractivity contribution < 1.29 is 18.0 Å². The average Bonchev–Trinajstić information content (AvgIpc) is 2.59. The lowest BCUT2D eigenvalue weighted by molar-refractivity contribution is -0.119. The van der Waals surface area contributed by atoms with Gasteiger partial charge in [0.1, 0.15) is 0 Å². The van der Waals surface area contributed by atoms with Gasteiger partial charge < -0.3 is 0 Å². The summed E-state index contributed by atoms with van der Waals surface area (Å²) in [6.07, 6.45) is 1.17. The number of nitrogens with zero attached hydrogens (tertiary/aromatic N) is 1. The molecule has 0 spiro atoms. The van der Waals surface area contributed by atoms with Crippen molar-refractivity contribution in [3.8, 4) is 0 Å². The Balaban J connectivity index is 2.50. The van der Waals surface area contributed by atoms with Crippen molar-refractivity contribution in [3.63, 3.8) is 0 Å². The Bertz CT molecular complexity index is 844. The molecule has 0 bridgehead atoms. The molecule has 0 aliphatic heterocycles. The van der Waals surface area contributed by atoms with E-state index in [0.29, 0.717) is 15.4 Å². The third-order valence-corrected chi connectivity index (χ3v) is 4.05. The Labute approximate surface area is 142 Å². The highest BCUT2D eigenvalue weighted by atomic mass is 32.2. The molecule has 0 atom stereocenters. The SMILES string of the molecule is Cc1ccc(/C(=C/C(=O)c2ccccc2)C(=O)N(C)[S](=O)=O)cc1. The number of rotatable bonds is 5. The molecule has 123 valence electrons. The summed E-state index contributed by atoms with van der Waals surface area (Å²) in [4.78, 5) is 24.8. The largest absolute Gasteiger partial charge is 0.298 e. The standard InChI is InChI=1S/C18H16NO4S/c1-13-8-10-14(11-9-13)16(18(21)19(2)24(22)23)12-17(20)15-6-4-3-5-7-15/h3-12H,1-2H3/b16-12-. The Hall–Kier alpha value is -2.86. The first kappa shape index (κ1) is 17.5. The van der Waals surface area contributed by atoms with E-state index in [1.54, 1.807) is 54.6 Å². The predicted octanol–water partition coefficient (Wildman–Crippen LogP) is 2.51. The second-order valence-corrected chi connectivity index (χ2v) is 6.16. The quantitative estimate of drug-likeness (QED) is 0.618. The highest BCUT2D eigenvalue weighted by molar-refractivity contribution is 7.70. The van der Waals surface area contributed by atoms with Crippen LogP contribution in [0.15, 0.2) is 60.7 Å². The molecule has 0 N–H and O–H groups in total. The maximum atomic E-state index is 12.4. The fourth-order valence-electron chi connectivity index (χ4n) is 2.06. The lowest BCUT2D eigenvalue weighted by Crippen LogP contribution is -2.26. The van der Waals surface area contributed by atoms with Crippen LogP contribution in [-0.2, 0) is 15.7 Å². The van der Waals surface area contributed by atoms with Gasteiger partial charge in [0.15, 0.2) is 5.78 Å². The van der Waals surface area contributed by atoms with Crippen LogP contribution in [0.3, 0.4) is 0 Å². The number of benzene rings is 2. The summed E-state index contributed by atoms with van der Waals surface area (Å²) in [6.45, 7) is 1.89. The second kappa shape index (κ2) is 7.61. The number of hydrogen-bond acceptors (Lipinski definition) is 4. The molecule has 0 aromatic heterocycles. The minimum atomic E-state index is -2.72. The summed E-state index contributed by atoms with van der Waals surface area (Å²) in [6, 6.07) is 15.4. The van der Waals surface area contributed by atoms with Crippen LogP contribution >= 0.6 is 0 Å². The van der Waals surface area contributed by atoms with E-state index in [2.05, 4.69) is 0 Å². The topological polar surface area (TPSA) is 71.5 Å². The van der Waals surface area contributed by atoms with Gasteiger partial charge in [-0.1, -0.05) is 60.2 Å². The van der Waals surface area contributed by atoms with Crippen molar-refractivity contribution in [2.45, 2.75) is 6.92 Å². The third-order valence-electron chi connectivity index (χ3n) is 3.44. The number of hydrogen-bond donors (Lipinski definition) is 0. The maximum absolute atomic E-state index is 12.4. The monoisotopic (exact) mass is 342 g/mol. The normalized spacial score (nSPS) is 11.0. The first-order valence-corrected chi connectivity index (χ1v) is 8.19. The summed E-state index contributed by atoms with van der Waals surface area (Å²) in [5.74, 6) is -1.14. The smallest absolute Gasteiger partial charge is 0.289 e. The van der Waals surface area contributed by atoms with Crippen LogP contribution in [0, 0.1) is 6.92 Å². The van der Waals surface area contributed by atoms with Gasteiger partial charge in [0.25, 0.3) is 16.8 Å². The summed E-state index contributed by atoms with van der Waals surface area (Å²) >= 11 is 0. The maximum Gasteiger partial charge on any atom is 0.298 e. The van der Waals surface area contributed by atoms with Crippen LogP contribution in [0.25, 0.3) is 5.57 Å². The fraction of sp³-hybridized carbons (Fsp3) is 0.111. The van der Waals surface area contributed by atoms with Crippen molar-refractivity contribution in [3.05, 3.63) is 77.4 Å². The highest BCUT2D eigenvalue weighted by Crippen LogP contribution is 2.19. The zero-order valence-corrected chi connectivity index (χ0v) is 14.1. The molecule has 24 heavy (non-hydrogen) atoms. The van der Waals surface area contributed by atoms with E-state index < -0.39 is 16.8 Å². The Morgan fingerprint density at radius 1 is 0.917 bits per heavy atom. The average molecular weight is 342 g/mol. The Morgan fingerprint density at radius 3 is 2.04 bits per heavy atom. The predicted molar refractivity (Wildman–Crippen MR) is 91.6 cm³/mol. The number of likely N-dealkylation sites (N-methyl/N-ethyl adjacent to an activating group) is 1. The molecule has 2 aromatic rings. The number of amides is 1. The number of ketones is 1. The van der Waals surface area contributed by atoms with E-state index in [1.807, 2.05) is 6.92 Å². The fourth-order valence-corrected chi connectivity index (χ4v) is 2.29. The molecule has 0 heterocycles. The number of allylic oxidation sites excluding steroid dienone is 1. The van der Waals surface area contributed by atoms with Gasteiger partial charge in [-0.25, -0.2) is 4.31 Å². The van der Waals surface area contributed by atoms with Crippen LogP contribution in [0.1, 0.15) is 21.5 Å². The van der Waals surface area contributed by atoms with Crippen LogP contribution in [0.2, 0.25) is 0 Å². The molecule has 0 saturated heterocycles. The molecule has 2 aromatic carbocycles. The van der Waals surface area contributed by atoms with Crippen molar-refractivity contribution in [2.24, 2.45) is 0 Å². The van der Waals surface area contributed by atoms with Gasteiger partial charge in [0.05, 0.1) is 5.57 Å². The molecule has 6 heteroatoms. The van der Waals surface area contributed by atoms with E-state index in [4.69, 9.17) is 0 Å². The molecule has 1 amide bonds. The van der Waals surface area contributed by atoms with Crippen LogP contribution in [-0.4, -0.2) is 31.5 Å². The molecule has 0 aliphatic carbocycles. The van der Waals surface area contributed by atoms with E-state index >= 15 is 0 Å². The van der Waals surface area contributed by atoms with Crippen LogP contribution in [0.5, 0.6) is 0 Å². The lowest BCUT2D eigenvalue weighted by Gasteiger charge is -2.12. The van der Waals surface area contributed by atoms with E-state index in [9.17, 15) is 18.0 Å². The molecule has 1 radical (unpaired) electrons. The lowest BCUT2D eigenvalue weighted by atomic mass is 10.0. The summed E-state index contributed by atoms with van der Waals surface area (Å²) in [7, 11) is -1.58. The molecule has 0 aliphatic rings. The summed E-state index contributed by atoms with van der Waals surface area (Å²) < 4.78 is 22.7. The minimum absolute atomic E-state index is 0.0237. The van der Waals surface area contributed by atoms with Crippen molar-refractivity contribution in [1.29, 1.82) is 0 Å². The zero-order chi connectivity index (χ0) is 17.7. The van der Waals surface area contributed by atoms with Gasteiger partial charge in [-0.2, -0.15) is 8.42 Å². The summed E-state index contributed by atoms with van der Waals surface area (Å²) in [5, 5.41) is 0. The molecule has 0 saturated carbocycles. The number of carbonyl (C=O) groups excluding carboxylic acids is 2. The van der Waals surface area contributed by atoms with Gasteiger partial charge in [-0.15, -0.1) is 0 Å².